The van der Waals surface area contributed by atoms with Crippen LogP contribution in [-0.2, 0) is 35.1 Å². The maximum atomic E-state index is 14.8. The minimum atomic E-state index is -0.572. The van der Waals surface area contributed by atoms with E-state index in [1.807, 2.05) is 48.6 Å². The van der Waals surface area contributed by atoms with E-state index >= 15 is 0 Å². The van der Waals surface area contributed by atoms with Gasteiger partial charge in [0.05, 0.1) is 17.6 Å². The Hall–Kier alpha value is -4.17. The summed E-state index contributed by atoms with van der Waals surface area (Å²) in [5.74, 6) is -2.61. The molecule has 0 radical (unpaired) electrons. The average Bonchev–Trinajstić information content (AvgIpc) is 3.70. The van der Waals surface area contributed by atoms with Crippen LogP contribution < -0.4 is 10.6 Å². The van der Waals surface area contributed by atoms with Crippen LogP contribution in [-0.4, -0.2) is 100 Å². The number of phenols is 1. The van der Waals surface area contributed by atoms with Gasteiger partial charge in [-0.1, -0.05) is 73.4 Å². The molecule has 1 aliphatic heterocycles. The minimum absolute atomic E-state index is 0.0398. The summed E-state index contributed by atoms with van der Waals surface area (Å²) in [5, 5.41) is 17.9. The van der Waals surface area contributed by atoms with Gasteiger partial charge < -0.3 is 25.4 Å². The largest absolute Gasteiger partial charge is 0.508 e. The number of aromatic nitrogens is 1. The number of rotatable bonds is 24. The first kappa shape index (κ1) is 49.2. The number of likely N-dealkylation sites (tertiary alicyclic amines) is 1. The molecule has 1 fully saturated rings. The molecule has 0 spiro atoms. The van der Waals surface area contributed by atoms with Crippen LogP contribution in [0.1, 0.15) is 140 Å². The Morgan fingerprint density at radius 2 is 1.71 bits per heavy atom. The monoisotopic (exact) mass is 839 g/mol. The number of benzene rings is 1. The molecule has 14 heteroatoms. The number of aromatic hydroxyl groups is 1. The molecular weight excluding hydrogens is 771 g/mol. The van der Waals surface area contributed by atoms with E-state index < -0.39 is 23.8 Å². The van der Waals surface area contributed by atoms with Crippen LogP contribution in [0.5, 0.6) is 5.75 Å². The van der Waals surface area contributed by atoms with E-state index in [2.05, 4.69) is 15.5 Å². The second kappa shape index (κ2) is 24.2. The first-order valence-electron chi connectivity index (χ1n) is 21.5. The molecule has 1 aromatic carbocycles. The lowest BCUT2D eigenvalue weighted by atomic mass is 9.82. The number of carbonyl (C=O) groups is 6. The van der Waals surface area contributed by atoms with E-state index in [-0.39, 0.29) is 96.7 Å². The number of piperidine rings is 1. The van der Waals surface area contributed by atoms with Crippen molar-refractivity contribution in [1.82, 2.24) is 25.4 Å². The zero-order valence-corrected chi connectivity index (χ0v) is 37.6. The molecule has 1 unspecified atom stereocenters. The van der Waals surface area contributed by atoms with E-state index in [4.69, 9.17) is 9.72 Å². The fourth-order valence-electron chi connectivity index (χ4n) is 7.73. The molecule has 59 heavy (non-hydrogen) atoms. The lowest BCUT2D eigenvalue weighted by Gasteiger charge is -2.39. The molecule has 3 N–H and O–H groups in total. The maximum absolute atomic E-state index is 14.8. The third kappa shape index (κ3) is 15.4. The third-order valence-electron chi connectivity index (χ3n) is 11.6. The molecule has 328 valence electrons. The Bertz CT molecular complexity index is 1700. The number of esters is 1. The SMILES string of the molecule is CCCC(=O)OCN(C(=O)[C@@H](CC(=O)[C@H]1CCCCN1C)C(C)CC)[C@H](C[C@@H](C)c1nc(C(=O)N[C@@H](Cc2ccc(O)cc2)C[C@H](C)C(=O)NCC(C)=O)cs1)C(C)C. The lowest BCUT2D eigenvalue weighted by Crippen LogP contribution is -2.50. The van der Waals surface area contributed by atoms with Crippen LogP contribution in [0.25, 0.3) is 0 Å². The fourth-order valence-corrected chi connectivity index (χ4v) is 8.61. The normalized spacial score (nSPS) is 17.6. The summed E-state index contributed by atoms with van der Waals surface area (Å²) >= 11 is 1.35. The summed E-state index contributed by atoms with van der Waals surface area (Å²) in [7, 11) is 1.97. The number of ether oxygens (including phenoxy) is 1. The van der Waals surface area contributed by atoms with Crippen LogP contribution in [0.15, 0.2) is 29.6 Å². The molecule has 0 aliphatic carbocycles. The lowest BCUT2D eigenvalue weighted by molar-refractivity contribution is -0.160. The molecule has 0 bridgehead atoms. The van der Waals surface area contributed by atoms with Crippen LogP contribution in [0.3, 0.4) is 0 Å². The number of hydrogen-bond acceptors (Lipinski definition) is 11. The van der Waals surface area contributed by atoms with Crippen molar-refractivity contribution < 1.29 is 38.6 Å². The van der Waals surface area contributed by atoms with Gasteiger partial charge in [-0.25, -0.2) is 4.98 Å². The number of nitrogens with one attached hydrogen (secondary N) is 2. The van der Waals surface area contributed by atoms with Crippen molar-refractivity contribution >= 4 is 46.6 Å². The predicted octanol–water partition coefficient (Wildman–Crippen LogP) is 6.67. The van der Waals surface area contributed by atoms with Gasteiger partial charge in [0, 0.05) is 48.1 Å². The highest BCUT2D eigenvalue weighted by Crippen LogP contribution is 2.33. The minimum Gasteiger partial charge on any atom is -0.508 e. The number of phenolic OH excluding ortho intramolecular Hbond substituents is 1. The summed E-state index contributed by atoms with van der Waals surface area (Å²) < 4.78 is 5.73. The fraction of sp³-hybridized carbons (Fsp3) is 0.667. The molecule has 7 atom stereocenters. The Morgan fingerprint density at radius 1 is 1.02 bits per heavy atom. The Kier molecular flexibility index (Phi) is 20.2. The Morgan fingerprint density at radius 3 is 2.32 bits per heavy atom. The van der Waals surface area contributed by atoms with Gasteiger partial charge in [0.25, 0.3) is 5.91 Å². The highest BCUT2D eigenvalue weighted by molar-refractivity contribution is 7.09. The number of carbonyl (C=O) groups excluding carboxylic acids is 6. The van der Waals surface area contributed by atoms with Crippen LogP contribution in [0, 0.1) is 23.7 Å². The van der Waals surface area contributed by atoms with Gasteiger partial charge in [-0.2, -0.15) is 0 Å². The molecular formula is C45H69N5O8S. The molecule has 2 heterocycles. The van der Waals surface area contributed by atoms with Crippen molar-refractivity contribution in [2.45, 2.75) is 144 Å². The number of Topliss-reactive ketones (excluding diaryl/α,β-unsaturated/α-hetero) is 2. The summed E-state index contributed by atoms with van der Waals surface area (Å²) in [5.41, 5.74) is 1.09. The van der Waals surface area contributed by atoms with Gasteiger partial charge in [0.2, 0.25) is 11.8 Å². The van der Waals surface area contributed by atoms with Gasteiger partial charge in [-0.05, 0) is 88.6 Å². The quantitative estimate of drug-likeness (QED) is 0.0765. The molecule has 13 nitrogen and oxygen atoms in total. The van der Waals surface area contributed by atoms with E-state index in [0.717, 1.165) is 31.4 Å². The zero-order chi connectivity index (χ0) is 43.8. The van der Waals surface area contributed by atoms with Crippen molar-refractivity contribution in [3.63, 3.8) is 0 Å². The highest BCUT2D eigenvalue weighted by atomic mass is 32.1. The van der Waals surface area contributed by atoms with Gasteiger partial charge in [-0.15, -0.1) is 11.3 Å². The summed E-state index contributed by atoms with van der Waals surface area (Å²) in [6.45, 7) is 15.7. The van der Waals surface area contributed by atoms with Crippen LogP contribution >= 0.6 is 11.3 Å². The van der Waals surface area contributed by atoms with Crippen molar-refractivity contribution in [2.24, 2.45) is 23.7 Å². The van der Waals surface area contributed by atoms with Crippen molar-refractivity contribution in [1.29, 1.82) is 0 Å². The zero-order valence-electron chi connectivity index (χ0n) is 36.8. The molecule has 0 saturated carbocycles. The Labute approximate surface area is 355 Å². The van der Waals surface area contributed by atoms with E-state index in [9.17, 15) is 33.9 Å². The highest BCUT2D eigenvalue weighted by Gasteiger charge is 2.38. The van der Waals surface area contributed by atoms with Crippen molar-refractivity contribution in [3.05, 3.63) is 45.9 Å². The van der Waals surface area contributed by atoms with Gasteiger partial charge in [-0.3, -0.25) is 33.7 Å². The first-order valence-corrected chi connectivity index (χ1v) is 22.3. The van der Waals surface area contributed by atoms with E-state index in [0.29, 0.717) is 37.1 Å². The number of thiazole rings is 1. The second-order valence-corrected chi connectivity index (χ2v) is 17.9. The predicted molar refractivity (Wildman–Crippen MR) is 230 cm³/mol. The Balaban J connectivity index is 1.85. The molecule has 1 saturated heterocycles. The number of ketones is 2. The summed E-state index contributed by atoms with van der Waals surface area (Å²) in [6, 6.07) is 5.63. The molecule has 2 aromatic rings. The molecule has 1 aromatic heterocycles. The van der Waals surface area contributed by atoms with E-state index in [1.54, 1.807) is 41.5 Å². The van der Waals surface area contributed by atoms with Crippen molar-refractivity contribution in [3.8, 4) is 5.75 Å². The summed E-state index contributed by atoms with van der Waals surface area (Å²) in [4.78, 5) is 87.7. The average molecular weight is 840 g/mol. The maximum Gasteiger partial charge on any atom is 0.307 e. The second-order valence-electron chi connectivity index (χ2n) is 17.0. The number of amides is 3. The molecule has 3 amide bonds. The molecule has 3 rings (SSSR count). The van der Waals surface area contributed by atoms with Gasteiger partial charge in [0.15, 0.2) is 12.5 Å². The molecule has 1 aliphatic rings. The standard InChI is InChI=1S/C45H69N5O8S/c1-10-14-41(54)58-27-50(45(57)36(29(5)11-2)24-40(53)38-15-12-13-20-49(38)9)39(28(3)4)22-31(7)44-48-37(26-59-44)43(56)47-34(23-33-16-18-35(52)19-17-33)21-30(6)42(55)46-25-32(8)51/h16-19,26,28-31,34,36,38-39,52H,10-15,20-25,27H2,1-9H3,(H,46,55)(H,47,56)/t29?,30-,31+,34+,36-,38+,39+/m0/s1. The van der Waals surface area contributed by atoms with Crippen LogP contribution in [0.4, 0.5) is 0 Å². The number of nitrogens with zero attached hydrogens (tertiary/aromatic N) is 3. The topological polar surface area (TPSA) is 175 Å². The smallest absolute Gasteiger partial charge is 0.307 e. The van der Waals surface area contributed by atoms with Crippen LogP contribution in [0.2, 0.25) is 0 Å². The number of hydrogen-bond donors (Lipinski definition) is 3. The van der Waals surface area contributed by atoms with E-state index in [1.165, 1.54) is 18.3 Å². The first-order chi connectivity index (χ1) is 27.9. The third-order valence-corrected chi connectivity index (χ3v) is 12.7. The summed E-state index contributed by atoms with van der Waals surface area (Å²) in [6.07, 6.45) is 5.68. The number of likely N-dealkylation sites (N-methyl/N-ethyl adjacent to an activating group) is 1. The van der Waals surface area contributed by atoms with Gasteiger partial charge >= 0.3 is 5.97 Å². The van der Waals surface area contributed by atoms with Crippen molar-refractivity contribution in [2.75, 3.05) is 26.9 Å². The van der Waals surface area contributed by atoms with Gasteiger partial charge in [0.1, 0.15) is 17.2 Å².